The molecule has 1 atom stereocenters. The summed E-state index contributed by atoms with van der Waals surface area (Å²) in [5, 5.41) is 3.15. The molecule has 2 rings (SSSR count). The SMILES string of the molecule is CCCN1C(=O)CC(NC2CCS(=O)(=O)CC2)C1=O. The monoisotopic (exact) mass is 288 g/mol. The molecular formula is C12H20N2O4S. The molecule has 0 aromatic carbocycles. The number of sulfone groups is 1. The molecule has 0 aromatic heterocycles. The van der Waals surface area contributed by atoms with E-state index in [1.165, 1.54) is 4.90 Å². The maximum absolute atomic E-state index is 12.0. The average Bonchev–Trinajstić information content (AvgIpc) is 2.60. The van der Waals surface area contributed by atoms with Gasteiger partial charge in [-0.2, -0.15) is 0 Å². The van der Waals surface area contributed by atoms with Crippen LogP contribution >= 0.6 is 0 Å². The van der Waals surface area contributed by atoms with E-state index in [2.05, 4.69) is 5.32 Å². The lowest BCUT2D eigenvalue weighted by Crippen LogP contribution is -2.46. The van der Waals surface area contributed by atoms with Crippen molar-refractivity contribution in [3.63, 3.8) is 0 Å². The maximum atomic E-state index is 12.0. The Morgan fingerprint density at radius 1 is 1.26 bits per heavy atom. The van der Waals surface area contributed by atoms with Gasteiger partial charge in [0.05, 0.1) is 24.0 Å². The van der Waals surface area contributed by atoms with Crippen LogP contribution in [0.25, 0.3) is 0 Å². The lowest BCUT2D eigenvalue weighted by molar-refractivity contribution is -0.138. The van der Waals surface area contributed by atoms with Gasteiger partial charge in [0.25, 0.3) is 0 Å². The van der Waals surface area contributed by atoms with E-state index in [1.54, 1.807) is 0 Å². The lowest BCUT2D eigenvalue weighted by atomic mass is 10.1. The van der Waals surface area contributed by atoms with E-state index in [0.29, 0.717) is 19.4 Å². The number of amides is 2. The standard InChI is InChI=1S/C12H20N2O4S/c1-2-5-14-11(15)8-10(12(14)16)13-9-3-6-19(17,18)7-4-9/h9-10,13H,2-8H2,1H3. The number of hydrogen-bond acceptors (Lipinski definition) is 5. The Bertz CT molecular complexity index is 460. The Morgan fingerprint density at radius 2 is 1.89 bits per heavy atom. The van der Waals surface area contributed by atoms with Crippen LogP contribution in [0.15, 0.2) is 0 Å². The van der Waals surface area contributed by atoms with Crippen LogP contribution in [-0.4, -0.2) is 55.3 Å². The molecule has 1 unspecified atom stereocenters. The largest absolute Gasteiger partial charge is 0.303 e. The Hall–Kier alpha value is -0.950. The lowest BCUT2D eigenvalue weighted by Gasteiger charge is -2.25. The molecule has 2 fully saturated rings. The number of hydrogen-bond donors (Lipinski definition) is 1. The summed E-state index contributed by atoms with van der Waals surface area (Å²) in [5.41, 5.74) is 0. The molecule has 0 spiro atoms. The summed E-state index contributed by atoms with van der Waals surface area (Å²) in [4.78, 5) is 25.0. The maximum Gasteiger partial charge on any atom is 0.246 e. The quantitative estimate of drug-likeness (QED) is 0.718. The molecule has 2 saturated heterocycles. The number of imide groups is 1. The molecule has 2 amide bonds. The van der Waals surface area contributed by atoms with Gasteiger partial charge in [-0.1, -0.05) is 6.92 Å². The number of nitrogens with zero attached hydrogens (tertiary/aromatic N) is 1. The van der Waals surface area contributed by atoms with E-state index in [-0.39, 0.29) is 35.8 Å². The number of likely N-dealkylation sites (tertiary alicyclic amines) is 1. The van der Waals surface area contributed by atoms with Crippen molar-refractivity contribution < 1.29 is 18.0 Å². The van der Waals surface area contributed by atoms with Crippen LogP contribution in [0.2, 0.25) is 0 Å². The van der Waals surface area contributed by atoms with E-state index < -0.39 is 15.9 Å². The van der Waals surface area contributed by atoms with Crippen LogP contribution < -0.4 is 5.32 Å². The van der Waals surface area contributed by atoms with Crippen molar-refractivity contribution in [1.82, 2.24) is 10.2 Å². The minimum absolute atomic E-state index is 0.0202. The Kier molecular flexibility index (Phi) is 4.25. The molecule has 7 heteroatoms. The zero-order valence-corrected chi connectivity index (χ0v) is 11.9. The van der Waals surface area contributed by atoms with Gasteiger partial charge in [-0.05, 0) is 19.3 Å². The molecule has 2 aliphatic rings. The second kappa shape index (κ2) is 5.58. The van der Waals surface area contributed by atoms with Gasteiger partial charge < -0.3 is 5.32 Å². The van der Waals surface area contributed by atoms with Gasteiger partial charge >= 0.3 is 0 Å². The third-order valence-electron chi connectivity index (χ3n) is 3.68. The number of carbonyl (C=O) groups excluding carboxylic acids is 2. The van der Waals surface area contributed by atoms with Gasteiger partial charge in [-0.25, -0.2) is 8.42 Å². The summed E-state index contributed by atoms with van der Waals surface area (Å²) in [6, 6.07) is -0.447. The van der Waals surface area contributed by atoms with E-state index in [4.69, 9.17) is 0 Å². The number of rotatable bonds is 4. The van der Waals surface area contributed by atoms with Crippen LogP contribution in [0.1, 0.15) is 32.6 Å². The molecule has 0 bridgehead atoms. The van der Waals surface area contributed by atoms with Crippen molar-refractivity contribution in [1.29, 1.82) is 0 Å². The summed E-state index contributed by atoms with van der Waals surface area (Å²) in [5.74, 6) is 0.0317. The second-order valence-corrected chi connectivity index (χ2v) is 7.54. The first-order valence-electron chi connectivity index (χ1n) is 6.73. The molecule has 2 heterocycles. The average molecular weight is 288 g/mol. The van der Waals surface area contributed by atoms with Crippen LogP contribution in [0, 0.1) is 0 Å². The predicted molar refractivity (Wildman–Crippen MR) is 70.2 cm³/mol. The number of nitrogens with one attached hydrogen (secondary N) is 1. The van der Waals surface area contributed by atoms with Gasteiger partial charge in [0.15, 0.2) is 0 Å². The van der Waals surface area contributed by atoms with Gasteiger partial charge in [0.2, 0.25) is 11.8 Å². The first-order chi connectivity index (χ1) is 8.93. The smallest absolute Gasteiger partial charge is 0.246 e. The zero-order valence-electron chi connectivity index (χ0n) is 11.1. The van der Waals surface area contributed by atoms with Gasteiger partial charge in [-0.3, -0.25) is 14.5 Å². The highest BCUT2D eigenvalue weighted by Gasteiger charge is 2.39. The third-order valence-corrected chi connectivity index (χ3v) is 5.40. The Labute approximate surface area is 113 Å². The van der Waals surface area contributed by atoms with Crippen LogP contribution in [0.3, 0.4) is 0 Å². The second-order valence-electron chi connectivity index (χ2n) is 5.23. The molecule has 1 N–H and O–H groups in total. The molecule has 0 radical (unpaired) electrons. The molecule has 108 valence electrons. The topological polar surface area (TPSA) is 83.6 Å². The highest BCUT2D eigenvalue weighted by Crippen LogP contribution is 2.18. The third kappa shape index (κ3) is 3.33. The van der Waals surface area contributed by atoms with Gasteiger partial charge in [0.1, 0.15) is 9.84 Å². The fraction of sp³-hybridized carbons (Fsp3) is 0.833. The first-order valence-corrected chi connectivity index (χ1v) is 8.56. The van der Waals surface area contributed by atoms with Crippen molar-refractivity contribution in [2.45, 2.75) is 44.7 Å². The van der Waals surface area contributed by atoms with Crippen molar-refractivity contribution in [3.8, 4) is 0 Å². The molecule has 2 aliphatic heterocycles. The Morgan fingerprint density at radius 3 is 2.47 bits per heavy atom. The Balaban J connectivity index is 1.91. The molecule has 19 heavy (non-hydrogen) atoms. The molecule has 6 nitrogen and oxygen atoms in total. The van der Waals surface area contributed by atoms with E-state index >= 15 is 0 Å². The minimum atomic E-state index is -2.90. The van der Waals surface area contributed by atoms with E-state index in [1.807, 2.05) is 6.92 Å². The summed E-state index contributed by atoms with van der Waals surface area (Å²) in [7, 11) is -2.90. The molecule has 0 saturated carbocycles. The summed E-state index contributed by atoms with van der Waals surface area (Å²) >= 11 is 0. The van der Waals surface area contributed by atoms with E-state index in [9.17, 15) is 18.0 Å². The van der Waals surface area contributed by atoms with Gasteiger partial charge in [0, 0.05) is 12.6 Å². The summed E-state index contributed by atoms with van der Waals surface area (Å²) < 4.78 is 22.7. The minimum Gasteiger partial charge on any atom is -0.303 e. The van der Waals surface area contributed by atoms with Crippen LogP contribution in [-0.2, 0) is 19.4 Å². The van der Waals surface area contributed by atoms with E-state index in [0.717, 1.165) is 6.42 Å². The van der Waals surface area contributed by atoms with Gasteiger partial charge in [-0.15, -0.1) is 0 Å². The first kappa shape index (κ1) is 14.5. The normalized spacial score (nSPS) is 28.1. The zero-order chi connectivity index (χ0) is 14.0. The summed E-state index contributed by atoms with van der Waals surface area (Å²) in [6.07, 6.45) is 2.00. The van der Waals surface area contributed by atoms with Crippen molar-refractivity contribution in [2.24, 2.45) is 0 Å². The van der Waals surface area contributed by atoms with Crippen molar-refractivity contribution in [2.75, 3.05) is 18.1 Å². The molecular weight excluding hydrogens is 268 g/mol. The predicted octanol–water partition coefficient (Wildman–Crippen LogP) is -0.309. The fourth-order valence-corrected chi connectivity index (χ4v) is 4.10. The molecule has 0 aromatic rings. The summed E-state index contributed by atoms with van der Waals surface area (Å²) in [6.45, 7) is 2.39. The van der Waals surface area contributed by atoms with Crippen LogP contribution in [0.4, 0.5) is 0 Å². The highest BCUT2D eigenvalue weighted by molar-refractivity contribution is 7.91. The van der Waals surface area contributed by atoms with Crippen molar-refractivity contribution >= 4 is 21.7 Å². The fourth-order valence-electron chi connectivity index (χ4n) is 2.61. The highest BCUT2D eigenvalue weighted by atomic mass is 32.2. The number of carbonyl (C=O) groups is 2. The van der Waals surface area contributed by atoms with Crippen LogP contribution in [0.5, 0.6) is 0 Å². The molecule has 0 aliphatic carbocycles. The van der Waals surface area contributed by atoms with Crippen molar-refractivity contribution in [3.05, 3.63) is 0 Å².